The highest BCUT2D eigenvalue weighted by Gasteiger charge is 2.49. The Morgan fingerprint density at radius 1 is 0.912 bits per heavy atom. The highest BCUT2D eigenvalue weighted by atomic mass is 14.5. The van der Waals surface area contributed by atoms with Gasteiger partial charge in [0.2, 0.25) is 0 Å². The van der Waals surface area contributed by atoms with Gasteiger partial charge in [0.25, 0.3) is 0 Å². The summed E-state index contributed by atoms with van der Waals surface area (Å²) in [5.41, 5.74) is 10.4. The van der Waals surface area contributed by atoms with Crippen molar-refractivity contribution in [1.82, 2.24) is 0 Å². The van der Waals surface area contributed by atoms with E-state index >= 15 is 0 Å². The van der Waals surface area contributed by atoms with E-state index in [1.807, 2.05) is 0 Å². The molecule has 0 nitrogen and oxygen atoms in total. The van der Waals surface area contributed by atoms with Crippen LogP contribution in [0, 0.1) is 23.2 Å². The minimum absolute atomic E-state index is 0.586. The SMILES string of the molecule is C[C@@H]1C2=CC=CC2CC12CCC(c1ccc(Cc3cccc4c3CCC3CCCC43)cc1)CC2. The van der Waals surface area contributed by atoms with Gasteiger partial charge < -0.3 is 0 Å². The molecule has 0 heteroatoms. The number of benzene rings is 2. The van der Waals surface area contributed by atoms with E-state index < -0.39 is 0 Å². The van der Waals surface area contributed by atoms with Crippen LogP contribution in [0.4, 0.5) is 0 Å². The molecule has 0 N–H and O–H groups in total. The number of rotatable bonds is 3. The van der Waals surface area contributed by atoms with E-state index in [4.69, 9.17) is 0 Å². The molecule has 5 aliphatic carbocycles. The molecule has 0 aromatic heterocycles. The Morgan fingerprint density at radius 2 is 1.76 bits per heavy atom. The lowest BCUT2D eigenvalue weighted by Crippen LogP contribution is -2.29. The van der Waals surface area contributed by atoms with Crippen molar-refractivity contribution in [2.45, 2.75) is 89.4 Å². The Kier molecular flexibility index (Phi) is 5.15. The zero-order chi connectivity index (χ0) is 22.7. The van der Waals surface area contributed by atoms with Crippen molar-refractivity contribution < 1.29 is 0 Å². The topological polar surface area (TPSA) is 0 Å². The molecule has 0 aliphatic heterocycles. The predicted octanol–water partition coefficient (Wildman–Crippen LogP) is 8.90. The largest absolute Gasteiger partial charge is 0.0773 e. The summed E-state index contributed by atoms with van der Waals surface area (Å²) in [6.45, 7) is 2.52. The van der Waals surface area contributed by atoms with Gasteiger partial charge in [-0.05, 0) is 127 Å². The average Bonchev–Trinajstić information content (AvgIpc) is 3.59. The number of fused-ring (bicyclic) bond motifs is 4. The lowest BCUT2D eigenvalue weighted by molar-refractivity contribution is 0.133. The third-order valence-corrected chi connectivity index (χ3v) is 11.1. The molecule has 3 saturated carbocycles. The highest BCUT2D eigenvalue weighted by Crippen LogP contribution is 2.60. The molecular formula is C34H40. The van der Waals surface area contributed by atoms with Crippen LogP contribution in [0.15, 0.2) is 66.3 Å². The van der Waals surface area contributed by atoms with Gasteiger partial charge >= 0.3 is 0 Å². The lowest BCUT2D eigenvalue weighted by atomic mass is 9.64. The Bertz CT molecular complexity index is 1120. The Balaban J connectivity index is 1.03. The van der Waals surface area contributed by atoms with Crippen LogP contribution in [0.2, 0.25) is 0 Å². The van der Waals surface area contributed by atoms with Crippen molar-refractivity contribution in [3.05, 3.63) is 94.1 Å². The van der Waals surface area contributed by atoms with Crippen molar-refractivity contribution in [1.29, 1.82) is 0 Å². The van der Waals surface area contributed by atoms with Gasteiger partial charge in [-0.3, -0.25) is 0 Å². The first-order valence-corrected chi connectivity index (χ1v) is 14.3. The monoisotopic (exact) mass is 448 g/mol. The van der Waals surface area contributed by atoms with Crippen LogP contribution in [0.1, 0.15) is 104 Å². The Hall–Kier alpha value is -2.08. The summed E-state index contributed by atoms with van der Waals surface area (Å²) in [6, 6.07) is 17.0. The zero-order valence-corrected chi connectivity index (χ0v) is 20.9. The molecule has 2 aromatic rings. The fourth-order valence-electron chi connectivity index (χ4n) is 9.04. The molecule has 1 spiro atoms. The summed E-state index contributed by atoms with van der Waals surface area (Å²) in [6.07, 6.45) is 22.3. The van der Waals surface area contributed by atoms with Crippen LogP contribution in [0.25, 0.3) is 0 Å². The van der Waals surface area contributed by atoms with Gasteiger partial charge in [0, 0.05) is 0 Å². The molecule has 7 rings (SSSR count). The maximum atomic E-state index is 2.52. The molecule has 0 amide bonds. The molecular weight excluding hydrogens is 408 g/mol. The van der Waals surface area contributed by atoms with Gasteiger partial charge in [-0.15, -0.1) is 0 Å². The molecule has 3 fully saturated rings. The van der Waals surface area contributed by atoms with E-state index in [0.717, 1.165) is 36.0 Å². The fraction of sp³-hybridized carbons (Fsp3) is 0.529. The fourth-order valence-corrected chi connectivity index (χ4v) is 9.04. The van der Waals surface area contributed by atoms with E-state index in [9.17, 15) is 0 Å². The van der Waals surface area contributed by atoms with E-state index in [0.29, 0.717) is 5.41 Å². The van der Waals surface area contributed by atoms with Crippen molar-refractivity contribution in [3.8, 4) is 0 Å². The molecule has 3 unspecified atom stereocenters. The second-order valence-corrected chi connectivity index (χ2v) is 12.5. The van der Waals surface area contributed by atoms with Crippen LogP contribution in [0.5, 0.6) is 0 Å². The molecule has 0 bridgehead atoms. The third-order valence-electron chi connectivity index (χ3n) is 11.1. The Morgan fingerprint density at radius 3 is 2.59 bits per heavy atom. The van der Waals surface area contributed by atoms with Crippen molar-refractivity contribution in [2.24, 2.45) is 23.2 Å². The van der Waals surface area contributed by atoms with E-state index in [-0.39, 0.29) is 0 Å². The highest BCUT2D eigenvalue weighted by molar-refractivity contribution is 5.43. The predicted molar refractivity (Wildman–Crippen MR) is 142 cm³/mol. The van der Waals surface area contributed by atoms with Gasteiger partial charge in [-0.2, -0.15) is 0 Å². The number of hydrogen-bond acceptors (Lipinski definition) is 0. The van der Waals surface area contributed by atoms with Crippen LogP contribution >= 0.6 is 0 Å². The second-order valence-electron chi connectivity index (χ2n) is 12.5. The number of hydrogen-bond donors (Lipinski definition) is 0. The van der Waals surface area contributed by atoms with Crippen molar-refractivity contribution >= 4 is 0 Å². The average molecular weight is 449 g/mol. The van der Waals surface area contributed by atoms with Crippen LogP contribution < -0.4 is 0 Å². The van der Waals surface area contributed by atoms with Gasteiger partial charge in [-0.25, -0.2) is 0 Å². The molecule has 0 saturated heterocycles. The lowest BCUT2D eigenvalue weighted by Gasteiger charge is -2.41. The Labute approximate surface area is 206 Å². The zero-order valence-electron chi connectivity index (χ0n) is 20.9. The first-order valence-electron chi connectivity index (χ1n) is 14.3. The maximum Gasteiger partial charge on any atom is -0.000867 e. The van der Waals surface area contributed by atoms with Gasteiger partial charge in [0.1, 0.15) is 0 Å². The minimum Gasteiger partial charge on any atom is -0.0773 e. The van der Waals surface area contributed by atoms with Gasteiger partial charge in [-0.1, -0.05) is 79.6 Å². The summed E-state index contributed by atoms with van der Waals surface area (Å²) < 4.78 is 0. The maximum absolute atomic E-state index is 2.52. The molecule has 0 heterocycles. The molecule has 34 heavy (non-hydrogen) atoms. The molecule has 176 valence electrons. The summed E-state index contributed by atoms with van der Waals surface area (Å²) >= 11 is 0. The first-order chi connectivity index (χ1) is 16.7. The molecule has 4 atom stereocenters. The normalized spacial score (nSPS) is 35.8. The van der Waals surface area contributed by atoms with E-state index in [2.05, 4.69) is 67.6 Å². The first kappa shape index (κ1) is 21.2. The molecule has 2 aromatic carbocycles. The van der Waals surface area contributed by atoms with Crippen LogP contribution in [-0.4, -0.2) is 0 Å². The summed E-state index contributed by atoms with van der Waals surface area (Å²) in [5.74, 6) is 4.13. The van der Waals surface area contributed by atoms with E-state index in [1.165, 1.54) is 69.8 Å². The second kappa shape index (κ2) is 8.25. The van der Waals surface area contributed by atoms with Crippen molar-refractivity contribution in [3.63, 3.8) is 0 Å². The summed E-state index contributed by atoms with van der Waals surface area (Å²) in [4.78, 5) is 0. The van der Waals surface area contributed by atoms with Gasteiger partial charge in [0.15, 0.2) is 0 Å². The van der Waals surface area contributed by atoms with E-state index in [1.54, 1.807) is 27.8 Å². The molecule has 5 aliphatic rings. The van der Waals surface area contributed by atoms with Crippen molar-refractivity contribution in [2.75, 3.05) is 0 Å². The quantitative estimate of drug-likeness (QED) is 0.440. The minimum atomic E-state index is 0.586. The molecule has 0 radical (unpaired) electrons. The summed E-state index contributed by atoms with van der Waals surface area (Å²) in [7, 11) is 0. The number of allylic oxidation sites excluding steroid dienone is 4. The standard InChI is InChI=1S/C34H40/c1-23-30-8-4-7-29(30)22-34(23)19-17-26(18-20-34)25-13-11-24(12-14-25)21-28-6-3-10-33-31-9-2-5-27(31)15-16-32(28)33/h3-4,6-8,10-14,23,26-27,29,31H,2,5,9,15-22H2,1H3/t23-,26?,27?,29?,31?,34?/m1/s1. The smallest absolute Gasteiger partial charge is 0.000867 e. The van der Waals surface area contributed by atoms with Crippen LogP contribution in [-0.2, 0) is 12.8 Å². The van der Waals surface area contributed by atoms with Gasteiger partial charge in [0.05, 0.1) is 0 Å². The van der Waals surface area contributed by atoms with Crippen LogP contribution in [0.3, 0.4) is 0 Å². The summed E-state index contributed by atoms with van der Waals surface area (Å²) in [5, 5.41) is 0. The third kappa shape index (κ3) is 3.39.